The summed E-state index contributed by atoms with van der Waals surface area (Å²) in [5.41, 5.74) is 5.13. The van der Waals surface area contributed by atoms with E-state index in [0.29, 0.717) is 10.2 Å². The predicted octanol–water partition coefficient (Wildman–Crippen LogP) is 5.75. The summed E-state index contributed by atoms with van der Waals surface area (Å²) in [5.74, 6) is -1.61. The Bertz CT molecular complexity index is 1250. The summed E-state index contributed by atoms with van der Waals surface area (Å²) in [5, 5.41) is 12.0. The number of amides is 2. The number of carboxylic acids is 1. The SMILES string of the molecule is CCN(C(=O)c1cc(NC(=O)OCC2c3ccccc3-c3ccccc32)ccc1Br)C(C)C(=O)O. The van der Waals surface area contributed by atoms with Crippen LogP contribution in [0, 0.1) is 0 Å². The molecule has 3 aromatic rings. The molecule has 1 aliphatic carbocycles. The summed E-state index contributed by atoms with van der Waals surface area (Å²) in [6, 6.07) is 20.0. The number of likely N-dealkylation sites (N-methyl/N-ethyl adjacent to an activating group) is 1. The monoisotopic (exact) mass is 536 g/mol. The zero-order valence-corrected chi connectivity index (χ0v) is 20.9. The van der Waals surface area contributed by atoms with Crippen molar-refractivity contribution < 1.29 is 24.2 Å². The molecule has 3 aromatic carbocycles. The second kappa shape index (κ2) is 10.3. The molecule has 2 amide bonds. The van der Waals surface area contributed by atoms with E-state index in [-0.39, 0.29) is 24.6 Å². The zero-order chi connectivity index (χ0) is 25.1. The number of fused-ring (bicyclic) bond motifs is 3. The van der Waals surface area contributed by atoms with Crippen LogP contribution in [0.1, 0.15) is 41.3 Å². The van der Waals surface area contributed by atoms with Crippen LogP contribution in [0.5, 0.6) is 0 Å². The topological polar surface area (TPSA) is 95.9 Å². The van der Waals surface area contributed by atoms with Crippen LogP contribution in [-0.2, 0) is 9.53 Å². The Morgan fingerprint density at radius 2 is 1.63 bits per heavy atom. The van der Waals surface area contributed by atoms with Crippen molar-refractivity contribution in [2.75, 3.05) is 18.5 Å². The smallest absolute Gasteiger partial charge is 0.411 e. The third-order valence-electron chi connectivity index (χ3n) is 6.21. The largest absolute Gasteiger partial charge is 0.480 e. The van der Waals surface area contributed by atoms with Gasteiger partial charge in [0.25, 0.3) is 5.91 Å². The Hall–Kier alpha value is -3.65. The molecule has 180 valence electrons. The van der Waals surface area contributed by atoms with Crippen molar-refractivity contribution in [2.24, 2.45) is 0 Å². The van der Waals surface area contributed by atoms with Crippen LogP contribution in [-0.4, -0.2) is 47.2 Å². The first-order valence-corrected chi connectivity index (χ1v) is 12.1. The molecule has 1 atom stereocenters. The molecular formula is C27H25BrN2O5. The average molecular weight is 537 g/mol. The lowest BCUT2D eigenvalue weighted by Crippen LogP contribution is -2.43. The molecule has 8 heteroatoms. The highest BCUT2D eigenvalue weighted by atomic mass is 79.9. The van der Waals surface area contributed by atoms with Crippen LogP contribution in [0.3, 0.4) is 0 Å². The van der Waals surface area contributed by atoms with E-state index in [9.17, 15) is 19.5 Å². The maximum absolute atomic E-state index is 13.0. The van der Waals surface area contributed by atoms with Gasteiger partial charge in [0.15, 0.2) is 0 Å². The Kier molecular flexibility index (Phi) is 7.21. The molecule has 1 unspecified atom stereocenters. The normalized spacial score (nSPS) is 12.9. The van der Waals surface area contributed by atoms with E-state index in [1.165, 1.54) is 17.9 Å². The van der Waals surface area contributed by atoms with E-state index in [1.807, 2.05) is 36.4 Å². The number of aliphatic carboxylic acids is 1. The van der Waals surface area contributed by atoms with Crippen molar-refractivity contribution >= 4 is 39.6 Å². The Morgan fingerprint density at radius 3 is 2.20 bits per heavy atom. The number of hydrogen-bond acceptors (Lipinski definition) is 4. The zero-order valence-electron chi connectivity index (χ0n) is 19.3. The highest BCUT2D eigenvalue weighted by molar-refractivity contribution is 9.10. The van der Waals surface area contributed by atoms with Crippen LogP contribution in [0.2, 0.25) is 0 Å². The minimum Gasteiger partial charge on any atom is -0.480 e. The summed E-state index contributed by atoms with van der Waals surface area (Å²) >= 11 is 3.35. The number of carbonyl (C=O) groups is 3. The first-order chi connectivity index (χ1) is 16.8. The summed E-state index contributed by atoms with van der Waals surface area (Å²) in [6.45, 7) is 3.56. The van der Waals surface area contributed by atoms with E-state index < -0.39 is 24.0 Å². The molecule has 2 N–H and O–H groups in total. The summed E-state index contributed by atoms with van der Waals surface area (Å²) in [4.78, 5) is 38.3. The van der Waals surface area contributed by atoms with Crippen LogP contribution < -0.4 is 5.32 Å². The quantitative estimate of drug-likeness (QED) is 0.401. The minimum atomic E-state index is -1.09. The molecule has 35 heavy (non-hydrogen) atoms. The van der Waals surface area contributed by atoms with Gasteiger partial charge in [-0.05, 0) is 70.2 Å². The maximum atomic E-state index is 13.0. The number of carbonyl (C=O) groups excluding carboxylic acids is 2. The van der Waals surface area contributed by atoms with Crippen molar-refractivity contribution in [3.05, 3.63) is 87.9 Å². The Labute approximate surface area is 211 Å². The third kappa shape index (κ3) is 4.93. The first kappa shape index (κ1) is 24.5. The van der Waals surface area contributed by atoms with Crippen molar-refractivity contribution in [2.45, 2.75) is 25.8 Å². The molecule has 7 nitrogen and oxygen atoms in total. The number of benzene rings is 3. The van der Waals surface area contributed by atoms with Crippen molar-refractivity contribution in [3.63, 3.8) is 0 Å². The van der Waals surface area contributed by atoms with Gasteiger partial charge in [-0.15, -0.1) is 0 Å². The highest BCUT2D eigenvalue weighted by Gasteiger charge is 2.29. The molecule has 0 fully saturated rings. The Morgan fingerprint density at radius 1 is 1.03 bits per heavy atom. The van der Waals surface area contributed by atoms with Gasteiger partial charge in [0.1, 0.15) is 12.6 Å². The number of nitrogens with zero attached hydrogens (tertiary/aromatic N) is 1. The lowest BCUT2D eigenvalue weighted by molar-refractivity contribution is -0.141. The highest BCUT2D eigenvalue weighted by Crippen LogP contribution is 2.44. The van der Waals surface area contributed by atoms with Crippen LogP contribution >= 0.6 is 15.9 Å². The molecule has 0 radical (unpaired) electrons. The molecule has 0 spiro atoms. The van der Waals surface area contributed by atoms with Gasteiger partial charge in [0.05, 0.1) is 5.56 Å². The number of nitrogens with one attached hydrogen (secondary N) is 1. The van der Waals surface area contributed by atoms with E-state index in [4.69, 9.17) is 4.74 Å². The van der Waals surface area contributed by atoms with E-state index in [1.54, 1.807) is 19.1 Å². The number of rotatable bonds is 7. The van der Waals surface area contributed by atoms with Crippen LogP contribution in [0.4, 0.5) is 10.5 Å². The average Bonchev–Trinajstić information content (AvgIpc) is 3.18. The second-order valence-electron chi connectivity index (χ2n) is 8.25. The lowest BCUT2D eigenvalue weighted by atomic mass is 9.98. The molecule has 0 aliphatic heterocycles. The summed E-state index contributed by atoms with van der Waals surface area (Å²) in [7, 11) is 0. The van der Waals surface area contributed by atoms with Gasteiger partial charge >= 0.3 is 12.1 Å². The molecule has 0 heterocycles. The van der Waals surface area contributed by atoms with Gasteiger partial charge in [-0.3, -0.25) is 10.1 Å². The number of anilines is 1. The van der Waals surface area contributed by atoms with Gasteiger partial charge in [-0.2, -0.15) is 0 Å². The van der Waals surface area contributed by atoms with E-state index in [2.05, 4.69) is 33.4 Å². The van der Waals surface area contributed by atoms with Gasteiger partial charge in [0.2, 0.25) is 0 Å². The molecular weight excluding hydrogens is 512 g/mol. The van der Waals surface area contributed by atoms with Gasteiger partial charge in [0, 0.05) is 22.6 Å². The summed E-state index contributed by atoms with van der Waals surface area (Å²) < 4.78 is 6.07. The summed E-state index contributed by atoms with van der Waals surface area (Å²) in [6.07, 6.45) is -0.640. The Balaban J connectivity index is 1.47. The molecule has 0 aromatic heterocycles. The number of hydrogen-bond donors (Lipinski definition) is 2. The van der Waals surface area contributed by atoms with Gasteiger partial charge in [-0.25, -0.2) is 9.59 Å². The molecule has 0 bridgehead atoms. The van der Waals surface area contributed by atoms with Crippen molar-refractivity contribution in [1.29, 1.82) is 0 Å². The van der Waals surface area contributed by atoms with Gasteiger partial charge in [-0.1, -0.05) is 48.5 Å². The molecule has 1 aliphatic rings. The third-order valence-corrected chi connectivity index (χ3v) is 6.90. The van der Waals surface area contributed by atoms with Crippen LogP contribution in [0.15, 0.2) is 71.2 Å². The second-order valence-corrected chi connectivity index (χ2v) is 9.10. The first-order valence-electron chi connectivity index (χ1n) is 11.3. The van der Waals surface area contributed by atoms with Crippen LogP contribution in [0.25, 0.3) is 11.1 Å². The van der Waals surface area contributed by atoms with Crippen molar-refractivity contribution in [1.82, 2.24) is 4.90 Å². The van der Waals surface area contributed by atoms with Crippen molar-refractivity contribution in [3.8, 4) is 11.1 Å². The maximum Gasteiger partial charge on any atom is 0.411 e. The predicted molar refractivity (Wildman–Crippen MR) is 137 cm³/mol. The standard InChI is InChI=1S/C27H25BrN2O5/c1-3-30(16(2)26(32)33)25(31)22-14-17(12-13-24(22)28)29-27(34)35-15-23-20-10-6-4-8-18(20)19-9-5-7-11-21(19)23/h4-14,16,23H,3,15H2,1-2H3,(H,29,34)(H,32,33). The van der Waals surface area contributed by atoms with Gasteiger partial charge < -0.3 is 14.7 Å². The fourth-order valence-corrected chi connectivity index (χ4v) is 4.82. The lowest BCUT2D eigenvalue weighted by Gasteiger charge is -2.25. The molecule has 0 saturated carbocycles. The van der Waals surface area contributed by atoms with E-state index >= 15 is 0 Å². The number of ether oxygens (including phenoxy) is 1. The fraction of sp³-hybridized carbons (Fsp3) is 0.222. The minimum absolute atomic E-state index is 0.0641. The molecule has 0 saturated heterocycles. The number of carboxylic acid groups (broad SMARTS) is 1. The number of halogens is 1. The fourth-order valence-electron chi connectivity index (χ4n) is 4.40. The molecule has 4 rings (SSSR count). The van der Waals surface area contributed by atoms with E-state index in [0.717, 1.165) is 22.3 Å².